The fourth-order valence-electron chi connectivity index (χ4n) is 4.32. The number of aromatic hydroxyl groups is 1. The van der Waals surface area contributed by atoms with E-state index in [1.807, 2.05) is 38.1 Å². The molecule has 0 aliphatic carbocycles. The second kappa shape index (κ2) is 13.6. The Balaban J connectivity index is 2.13. The summed E-state index contributed by atoms with van der Waals surface area (Å²) in [6.45, 7) is 8.22. The van der Waals surface area contributed by atoms with E-state index in [1.54, 1.807) is 12.1 Å². The number of hydrogen-bond donors (Lipinski definition) is 4. The van der Waals surface area contributed by atoms with Gasteiger partial charge >= 0.3 is 0 Å². The highest BCUT2D eigenvalue weighted by Gasteiger charge is 2.32. The average molecular weight is 517 g/mol. The molecule has 0 aliphatic heterocycles. The number of nitrogens with one attached hydrogen (secondary N) is 2. The normalized spacial score (nSPS) is 14.8. The van der Waals surface area contributed by atoms with Crippen molar-refractivity contribution in [2.45, 2.75) is 59.2 Å². The summed E-state index contributed by atoms with van der Waals surface area (Å²) in [6, 6.07) is 13.3. The predicted molar refractivity (Wildman–Crippen MR) is 144 cm³/mol. The first kappa shape index (κ1) is 29.6. The molecule has 0 aromatic heterocycles. The zero-order chi connectivity index (χ0) is 26.9. The van der Waals surface area contributed by atoms with E-state index in [9.17, 15) is 24.2 Å². The number of phenolic OH excluding ortho intramolecular Hbond substituents is 1. The molecule has 2 aromatic carbocycles. The monoisotopic (exact) mass is 516 g/mol. The van der Waals surface area contributed by atoms with E-state index < -0.39 is 25.2 Å². The van der Waals surface area contributed by atoms with Gasteiger partial charge in [-0.15, -0.1) is 0 Å². The third-order valence-corrected chi connectivity index (χ3v) is 7.86. The van der Waals surface area contributed by atoms with Gasteiger partial charge in [-0.3, -0.25) is 14.2 Å². The van der Waals surface area contributed by atoms with Crippen LogP contribution in [0.5, 0.6) is 5.75 Å². The van der Waals surface area contributed by atoms with E-state index in [2.05, 4.69) is 24.5 Å². The molecule has 0 spiro atoms. The summed E-state index contributed by atoms with van der Waals surface area (Å²) >= 11 is 0. The van der Waals surface area contributed by atoms with E-state index in [1.165, 1.54) is 24.7 Å². The second-order valence-electron chi connectivity index (χ2n) is 10.5. The predicted octanol–water partition coefficient (Wildman–Crippen LogP) is 4.50. The molecular formula is C28H41N2O5P. The highest BCUT2D eigenvalue weighted by Crippen LogP contribution is 2.47. The van der Waals surface area contributed by atoms with Crippen molar-refractivity contribution in [3.8, 4) is 5.75 Å². The van der Waals surface area contributed by atoms with Gasteiger partial charge in [0.25, 0.3) is 0 Å². The van der Waals surface area contributed by atoms with Gasteiger partial charge in [0.2, 0.25) is 19.2 Å². The van der Waals surface area contributed by atoms with Crippen LogP contribution in [0.4, 0.5) is 0 Å². The summed E-state index contributed by atoms with van der Waals surface area (Å²) in [7, 11) is -2.16. The van der Waals surface area contributed by atoms with Crippen molar-refractivity contribution in [3.05, 3.63) is 65.2 Å². The summed E-state index contributed by atoms with van der Waals surface area (Å²) in [5.41, 5.74) is 2.73. The van der Waals surface area contributed by atoms with Gasteiger partial charge in [-0.05, 0) is 53.5 Å². The van der Waals surface area contributed by atoms with Gasteiger partial charge in [-0.1, -0.05) is 64.1 Å². The van der Waals surface area contributed by atoms with Crippen LogP contribution in [0.25, 0.3) is 0 Å². The Kier molecular flexibility index (Phi) is 11.2. The van der Waals surface area contributed by atoms with Gasteiger partial charge in [0, 0.05) is 31.7 Å². The van der Waals surface area contributed by atoms with Crippen molar-refractivity contribution in [1.82, 2.24) is 10.6 Å². The molecule has 2 unspecified atom stereocenters. The first-order chi connectivity index (χ1) is 16.9. The first-order valence-corrected chi connectivity index (χ1v) is 14.6. The van der Waals surface area contributed by atoms with E-state index in [0.29, 0.717) is 12.3 Å². The Hall–Kier alpha value is -2.63. The number of benzene rings is 2. The van der Waals surface area contributed by atoms with Crippen molar-refractivity contribution in [3.63, 3.8) is 0 Å². The number of phenols is 1. The maximum Gasteiger partial charge on any atom is 0.242 e. The van der Waals surface area contributed by atoms with Crippen LogP contribution in [0.2, 0.25) is 0 Å². The maximum absolute atomic E-state index is 13.3. The quantitative estimate of drug-likeness (QED) is 0.293. The zero-order valence-electron chi connectivity index (χ0n) is 22.0. The van der Waals surface area contributed by atoms with Gasteiger partial charge < -0.3 is 20.6 Å². The Bertz CT molecular complexity index is 1030. The average Bonchev–Trinajstić information content (AvgIpc) is 2.79. The molecule has 4 N–H and O–H groups in total. The smallest absolute Gasteiger partial charge is 0.242 e. The van der Waals surface area contributed by atoms with Crippen molar-refractivity contribution in [2.75, 3.05) is 13.2 Å². The summed E-state index contributed by atoms with van der Waals surface area (Å²) in [5, 5.41) is 14.9. The molecule has 3 atom stereocenters. The summed E-state index contributed by atoms with van der Waals surface area (Å²) in [6.07, 6.45) is 1.47. The first-order valence-electron chi connectivity index (χ1n) is 12.6. The van der Waals surface area contributed by atoms with E-state index in [-0.39, 0.29) is 36.3 Å². The molecule has 7 nitrogen and oxygen atoms in total. The summed E-state index contributed by atoms with van der Waals surface area (Å²) in [5.74, 6) is -0.682. The molecule has 0 saturated heterocycles. The van der Waals surface area contributed by atoms with E-state index in [4.69, 9.17) is 0 Å². The molecule has 0 fully saturated rings. The molecule has 2 rings (SSSR count). The van der Waals surface area contributed by atoms with Gasteiger partial charge in [0.05, 0.1) is 0 Å². The summed E-state index contributed by atoms with van der Waals surface area (Å²) in [4.78, 5) is 36.6. The topological polar surface area (TPSA) is 116 Å². The molecule has 0 aliphatic rings. The molecule has 2 aromatic rings. The fraction of sp³-hybridized carbons (Fsp3) is 0.500. The van der Waals surface area contributed by atoms with Crippen LogP contribution in [0.15, 0.2) is 48.5 Å². The van der Waals surface area contributed by atoms with Crippen molar-refractivity contribution in [2.24, 2.45) is 17.8 Å². The molecule has 8 heteroatoms. The number of hydrogen-bond acceptors (Lipinski definition) is 4. The van der Waals surface area contributed by atoms with Crippen LogP contribution in [0, 0.1) is 17.8 Å². The lowest BCUT2D eigenvalue weighted by Crippen LogP contribution is -2.49. The number of rotatable bonds is 13. The Morgan fingerprint density at radius 1 is 0.833 bits per heavy atom. The molecule has 0 saturated carbocycles. The van der Waals surface area contributed by atoms with Gasteiger partial charge in [-0.25, -0.2) is 0 Å². The van der Waals surface area contributed by atoms with Crippen LogP contribution in [0.1, 0.15) is 50.8 Å². The lowest BCUT2D eigenvalue weighted by atomic mass is 9.97. The number of likely N-dealkylation sites (N-methyl/N-ethyl adjacent to an activating group) is 1. The minimum atomic E-state index is -3.66. The lowest BCUT2D eigenvalue weighted by molar-refractivity contribution is -0.130. The minimum absolute atomic E-state index is 0.00319. The SMILES string of the molecule is CNC(=O)[C@@H](Cc1ccc(O)cc1)NC(=O)C(CC(C)C)CP(=O)(O)Cc1ccc(CC(C)C)cc1. The van der Waals surface area contributed by atoms with Gasteiger partial charge in [0.15, 0.2) is 0 Å². The molecule has 0 bridgehead atoms. The molecule has 0 heterocycles. The highest BCUT2D eigenvalue weighted by atomic mass is 31.2. The Morgan fingerprint density at radius 2 is 1.36 bits per heavy atom. The largest absolute Gasteiger partial charge is 0.508 e. The third kappa shape index (κ3) is 10.2. The van der Waals surface area contributed by atoms with Crippen molar-refractivity contribution < 1.29 is 24.2 Å². The van der Waals surface area contributed by atoms with Crippen LogP contribution in [-0.2, 0) is 33.2 Å². The van der Waals surface area contributed by atoms with Crippen LogP contribution in [0.3, 0.4) is 0 Å². The molecule has 2 amide bonds. The van der Waals surface area contributed by atoms with Crippen LogP contribution < -0.4 is 10.6 Å². The lowest BCUT2D eigenvalue weighted by Gasteiger charge is -2.25. The Morgan fingerprint density at radius 3 is 1.89 bits per heavy atom. The van der Waals surface area contributed by atoms with E-state index >= 15 is 0 Å². The standard InChI is InChI=1S/C28H41N2O5P/c1-19(2)14-21-6-8-23(9-7-21)17-36(34,35)18-24(15-20(3)4)27(32)30-26(28(33)29-5)16-22-10-12-25(31)13-11-22/h6-13,19-20,24,26,31H,14-18H2,1-5H3,(H,29,33)(H,30,32)(H,34,35)/t24?,26-/m1/s1. The molecule has 198 valence electrons. The van der Waals surface area contributed by atoms with Crippen molar-refractivity contribution in [1.29, 1.82) is 0 Å². The second-order valence-corrected chi connectivity index (χ2v) is 12.8. The Labute approximate surface area is 215 Å². The summed E-state index contributed by atoms with van der Waals surface area (Å²) < 4.78 is 13.2. The fourth-order valence-corrected chi connectivity index (χ4v) is 6.23. The van der Waals surface area contributed by atoms with Gasteiger partial charge in [-0.2, -0.15) is 0 Å². The molecule has 0 radical (unpaired) electrons. The highest BCUT2D eigenvalue weighted by molar-refractivity contribution is 7.57. The zero-order valence-corrected chi connectivity index (χ0v) is 22.9. The van der Waals surface area contributed by atoms with Gasteiger partial charge in [0.1, 0.15) is 11.8 Å². The molecule has 36 heavy (non-hydrogen) atoms. The van der Waals surface area contributed by atoms with Crippen molar-refractivity contribution >= 4 is 19.2 Å². The van der Waals surface area contributed by atoms with Crippen LogP contribution in [-0.4, -0.2) is 41.1 Å². The van der Waals surface area contributed by atoms with Crippen LogP contribution >= 0.6 is 7.37 Å². The molecular weight excluding hydrogens is 475 g/mol. The number of carbonyl (C=O) groups excluding carboxylic acids is 2. The third-order valence-electron chi connectivity index (χ3n) is 5.98. The number of carbonyl (C=O) groups is 2. The van der Waals surface area contributed by atoms with E-state index in [0.717, 1.165) is 17.5 Å². The maximum atomic E-state index is 13.3. The number of amides is 2. The minimum Gasteiger partial charge on any atom is -0.508 e.